The van der Waals surface area contributed by atoms with Gasteiger partial charge >= 0.3 is 0 Å². The maximum absolute atomic E-state index is 12.7. The molecular weight excluding hydrogens is 353 g/mol. The molecule has 1 heterocycles. The zero-order valence-electron chi connectivity index (χ0n) is 12.0. The number of hydrogen-bond donors (Lipinski definition) is 0. The van der Waals surface area contributed by atoms with Gasteiger partial charge in [-0.05, 0) is 60.2 Å². The first-order chi connectivity index (χ1) is 11.0. The lowest BCUT2D eigenvalue weighted by molar-refractivity contribution is -0.113. The van der Waals surface area contributed by atoms with E-state index in [0.29, 0.717) is 20.6 Å². The van der Waals surface area contributed by atoms with Crippen molar-refractivity contribution in [2.24, 2.45) is 0 Å². The van der Waals surface area contributed by atoms with E-state index in [-0.39, 0.29) is 11.1 Å². The Morgan fingerprint density at radius 1 is 1.00 bits per heavy atom. The van der Waals surface area contributed by atoms with Crippen LogP contribution in [0.3, 0.4) is 0 Å². The topological polar surface area (TPSA) is 37.4 Å². The van der Waals surface area contributed by atoms with Crippen LogP contribution in [-0.4, -0.2) is 11.1 Å². The Morgan fingerprint density at radius 3 is 2.35 bits per heavy atom. The van der Waals surface area contributed by atoms with Crippen LogP contribution in [0.1, 0.15) is 12.5 Å². The highest BCUT2D eigenvalue weighted by Gasteiger charge is 2.37. The summed E-state index contributed by atoms with van der Waals surface area (Å²) in [6.45, 7) is 1.82. The van der Waals surface area contributed by atoms with Gasteiger partial charge in [-0.25, -0.2) is 4.90 Å². The molecule has 0 aliphatic carbocycles. The van der Waals surface area contributed by atoms with Crippen LogP contribution in [0.25, 0.3) is 5.57 Å². The monoisotopic (exact) mass is 363 g/mol. The van der Waals surface area contributed by atoms with E-state index in [0.717, 1.165) is 27.8 Å². The fraction of sp³-hybridized carbons (Fsp3) is 0.0588. The quantitative estimate of drug-likeness (QED) is 0.649. The van der Waals surface area contributed by atoms with Crippen molar-refractivity contribution in [2.75, 3.05) is 4.90 Å². The molecule has 0 bridgehead atoms. The molecule has 3 nitrogen and oxygen atoms in total. The number of nitrogens with zero attached hydrogens (tertiary/aromatic N) is 1. The number of carbonyl (C=O) groups excluding carboxylic acids is 2. The molecule has 0 radical (unpaired) electrons. The van der Waals surface area contributed by atoms with E-state index >= 15 is 0 Å². The molecule has 2 aromatic rings. The number of hydrogen-bond acceptors (Lipinski definition) is 3. The highest BCUT2D eigenvalue weighted by molar-refractivity contribution is 8.19. The summed E-state index contributed by atoms with van der Waals surface area (Å²) < 4.78 is 0. The van der Waals surface area contributed by atoms with E-state index in [1.54, 1.807) is 36.4 Å². The van der Waals surface area contributed by atoms with Gasteiger partial charge in [0.1, 0.15) is 0 Å². The fourth-order valence-corrected chi connectivity index (χ4v) is 3.48. The molecule has 0 N–H and O–H groups in total. The summed E-state index contributed by atoms with van der Waals surface area (Å²) >= 11 is 12.8. The molecule has 3 rings (SSSR count). The molecule has 0 saturated carbocycles. The van der Waals surface area contributed by atoms with Crippen LogP contribution < -0.4 is 4.90 Å². The van der Waals surface area contributed by atoms with E-state index in [9.17, 15) is 9.59 Å². The van der Waals surface area contributed by atoms with E-state index in [1.165, 1.54) is 0 Å². The lowest BCUT2D eigenvalue weighted by Gasteiger charge is -2.12. The number of amides is 2. The Bertz CT molecular complexity index is 831. The summed E-state index contributed by atoms with van der Waals surface area (Å²) in [5, 5.41) is 0.758. The fourth-order valence-electron chi connectivity index (χ4n) is 2.27. The molecule has 6 heteroatoms. The third-order valence-corrected chi connectivity index (χ3v) is 4.98. The predicted molar refractivity (Wildman–Crippen MR) is 96.0 cm³/mol. The van der Waals surface area contributed by atoms with Crippen LogP contribution in [0.5, 0.6) is 0 Å². The molecule has 1 saturated heterocycles. The van der Waals surface area contributed by atoms with Crippen molar-refractivity contribution in [2.45, 2.75) is 6.92 Å². The first kappa shape index (κ1) is 16.1. The molecule has 0 atom stereocenters. The van der Waals surface area contributed by atoms with Crippen LogP contribution in [0.4, 0.5) is 10.5 Å². The smallest absolute Gasteiger partial charge is 0.268 e. The van der Waals surface area contributed by atoms with E-state index in [2.05, 4.69) is 0 Å². The van der Waals surface area contributed by atoms with Gasteiger partial charge in [0.15, 0.2) is 0 Å². The summed E-state index contributed by atoms with van der Waals surface area (Å²) in [4.78, 5) is 26.5. The van der Waals surface area contributed by atoms with Gasteiger partial charge in [0.25, 0.3) is 11.1 Å². The van der Waals surface area contributed by atoms with Crippen molar-refractivity contribution in [3.05, 3.63) is 69.0 Å². The zero-order valence-corrected chi connectivity index (χ0v) is 14.4. The number of thioether (sulfide) groups is 1. The number of imide groups is 1. The number of benzene rings is 2. The van der Waals surface area contributed by atoms with Gasteiger partial charge in [-0.3, -0.25) is 9.59 Å². The zero-order chi connectivity index (χ0) is 16.6. The minimum atomic E-state index is -0.338. The van der Waals surface area contributed by atoms with Gasteiger partial charge in [-0.1, -0.05) is 41.4 Å². The van der Waals surface area contributed by atoms with Gasteiger partial charge in [-0.15, -0.1) is 0 Å². The first-order valence-electron chi connectivity index (χ1n) is 6.76. The number of anilines is 1. The normalized spacial score (nSPS) is 16.9. The molecule has 2 aromatic carbocycles. The van der Waals surface area contributed by atoms with Gasteiger partial charge in [0, 0.05) is 10.0 Å². The minimum absolute atomic E-state index is 0.333. The molecule has 1 aliphatic heterocycles. The summed E-state index contributed by atoms with van der Waals surface area (Å²) in [6, 6.07) is 13.8. The van der Waals surface area contributed by atoms with E-state index in [4.69, 9.17) is 23.2 Å². The Labute approximate surface area is 147 Å². The van der Waals surface area contributed by atoms with Crippen molar-refractivity contribution >= 4 is 57.4 Å². The Kier molecular flexibility index (Phi) is 4.48. The van der Waals surface area contributed by atoms with Gasteiger partial charge < -0.3 is 0 Å². The average Bonchev–Trinajstić information content (AvgIpc) is 2.82. The van der Waals surface area contributed by atoms with E-state index in [1.807, 2.05) is 19.1 Å². The van der Waals surface area contributed by atoms with Gasteiger partial charge in [-0.2, -0.15) is 0 Å². The van der Waals surface area contributed by atoms with Gasteiger partial charge in [0.05, 0.1) is 10.6 Å². The van der Waals surface area contributed by atoms with E-state index < -0.39 is 0 Å². The van der Waals surface area contributed by atoms with Crippen LogP contribution in [-0.2, 0) is 4.79 Å². The van der Waals surface area contributed by atoms with Crippen LogP contribution in [0, 0.1) is 0 Å². The third kappa shape index (κ3) is 3.15. The summed E-state index contributed by atoms with van der Waals surface area (Å²) in [5.41, 5.74) is 2.07. The van der Waals surface area contributed by atoms with Crippen LogP contribution in [0.15, 0.2) is 53.4 Å². The van der Waals surface area contributed by atoms with Crippen molar-refractivity contribution in [1.29, 1.82) is 0 Å². The lowest BCUT2D eigenvalue weighted by atomic mass is 10.1. The molecule has 1 aliphatic rings. The highest BCUT2D eigenvalue weighted by atomic mass is 35.5. The summed E-state index contributed by atoms with van der Waals surface area (Å²) in [5.74, 6) is -0.338. The standard InChI is InChI=1S/C17H11Cl2NO2S/c1-10(11-5-7-12(18)8-6-11)15-16(21)20(17(22)23-15)14-4-2-3-13(19)9-14/h2-9H,1H3/b15-10-. The third-order valence-electron chi connectivity index (χ3n) is 3.45. The SMILES string of the molecule is C/C(=C1/SC(=O)N(c2cccc(Cl)c2)C1=O)c1ccc(Cl)cc1. The predicted octanol–water partition coefficient (Wildman–Crippen LogP) is 5.62. The first-order valence-corrected chi connectivity index (χ1v) is 8.33. The summed E-state index contributed by atoms with van der Waals surface area (Å²) in [6.07, 6.45) is 0. The van der Waals surface area contributed by atoms with Crippen LogP contribution >= 0.6 is 35.0 Å². The molecule has 23 heavy (non-hydrogen) atoms. The Morgan fingerprint density at radius 2 is 1.70 bits per heavy atom. The molecule has 0 unspecified atom stereocenters. The van der Waals surface area contributed by atoms with Crippen molar-refractivity contribution < 1.29 is 9.59 Å². The van der Waals surface area contributed by atoms with Gasteiger partial charge in [0.2, 0.25) is 0 Å². The Balaban J connectivity index is 2.00. The molecule has 2 amide bonds. The number of halogens is 2. The highest BCUT2D eigenvalue weighted by Crippen LogP contribution is 2.39. The number of rotatable bonds is 2. The maximum Gasteiger partial charge on any atom is 0.298 e. The number of allylic oxidation sites excluding steroid dienone is 1. The second kappa shape index (κ2) is 6.40. The van der Waals surface area contributed by atoms with Crippen molar-refractivity contribution in [3.63, 3.8) is 0 Å². The lowest BCUT2D eigenvalue weighted by Crippen LogP contribution is -2.27. The largest absolute Gasteiger partial charge is 0.298 e. The van der Waals surface area contributed by atoms with Crippen molar-refractivity contribution in [1.82, 2.24) is 0 Å². The maximum atomic E-state index is 12.7. The molecule has 116 valence electrons. The minimum Gasteiger partial charge on any atom is -0.268 e. The molecule has 0 aromatic heterocycles. The molecule has 1 fully saturated rings. The Hall–Kier alpha value is -1.75. The second-order valence-electron chi connectivity index (χ2n) is 4.95. The molecular formula is C17H11Cl2NO2S. The second-order valence-corrected chi connectivity index (χ2v) is 6.78. The molecule has 0 spiro atoms. The number of carbonyl (C=O) groups is 2. The van der Waals surface area contributed by atoms with Crippen LogP contribution in [0.2, 0.25) is 10.0 Å². The average molecular weight is 364 g/mol. The summed E-state index contributed by atoms with van der Waals surface area (Å²) in [7, 11) is 0. The van der Waals surface area contributed by atoms with Crippen molar-refractivity contribution in [3.8, 4) is 0 Å².